The smallest absolute Gasteiger partial charge is 0.416 e. The summed E-state index contributed by atoms with van der Waals surface area (Å²) in [6.07, 6.45) is -5.72. The van der Waals surface area contributed by atoms with Gasteiger partial charge in [0.15, 0.2) is 0 Å². The molecule has 0 fully saturated rings. The van der Waals surface area contributed by atoms with Gasteiger partial charge in [-0.1, -0.05) is 36.4 Å². The average molecular weight is 414 g/mol. The molecule has 0 aliphatic carbocycles. The number of ether oxygens (including phenoxy) is 1. The van der Waals surface area contributed by atoms with E-state index in [1.54, 1.807) is 6.92 Å². The largest absolute Gasteiger partial charge is 0.463 e. The first-order valence-electron chi connectivity index (χ1n) is 8.42. The molecule has 0 saturated carbocycles. The van der Waals surface area contributed by atoms with Crippen LogP contribution in [0.25, 0.3) is 5.57 Å². The number of alkyl halides is 6. The first-order valence-corrected chi connectivity index (χ1v) is 8.42. The molecular formula is C21H16F6O2. The molecule has 0 heterocycles. The Balaban J connectivity index is 2.57. The molecule has 8 heteroatoms. The van der Waals surface area contributed by atoms with Crippen molar-refractivity contribution in [2.45, 2.75) is 19.3 Å². The molecule has 0 aliphatic heterocycles. The van der Waals surface area contributed by atoms with Gasteiger partial charge in [-0.25, -0.2) is 4.79 Å². The van der Waals surface area contributed by atoms with Gasteiger partial charge in [-0.2, -0.15) is 26.3 Å². The van der Waals surface area contributed by atoms with Crippen molar-refractivity contribution in [1.29, 1.82) is 0 Å². The second kappa shape index (κ2) is 8.98. The molecule has 29 heavy (non-hydrogen) atoms. The summed E-state index contributed by atoms with van der Waals surface area (Å²) in [4.78, 5) is 11.4. The zero-order chi connectivity index (χ0) is 21.7. The van der Waals surface area contributed by atoms with Gasteiger partial charge in [0.1, 0.15) is 0 Å². The number of halogens is 6. The second-order valence-electron chi connectivity index (χ2n) is 5.85. The van der Waals surface area contributed by atoms with Gasteiger partial charge < -0.3 is 4.74 Å². The van der Waals surface area contributed by atoms with Crippen LogP contribution in [0.3, 0.4) is 0 Å². The molecule has 0 bridgehead atoms. The van der Waals surface area contributed by atoms with Crippen LogP contribution in [0.2, 0.25) is 0 Å². The molecule has 0 aliphatic rings. The van der Waals surface area contributed by atoms with Crippen molar-refractivity contribution in [3.63, 3.8) is 0 Å². The van der Waals surface area contributed by atoms with E-state index in [4.69, 9.17) is 4.74 Å². The van der Waals surface area contributed by atoms with Gasteiger partial charge in [-0.15, -0.1) is 0 Å². The lowest BCUT2D eigenvalue weighted by Crippen LogP contribution is -2.06. The summed E-state index contributed by atoms with van der Waals surface area (Å²) in [6, 6.07) is 8.42. The Morgan fingerprint density at radius 2 is 1.38 bits per heavy atom. The summed E-state index contributed by atoms with van der Waals surface area (Å²) in [7, 11) is 0. The molecule has 0 aromatic heterocycles. The molecule has 2 nitrogen and oxygen atoms in total. The van der Waals surface area contributed by atoms with E-state index in [-0.39, 0.29) is 23.3 Å². The molecule has 2 rings (SSSR count). The minimum absolute atomic E-state index is 0.0488. The molecule has 0 saturated heterocycles. The average Bonchev–Trinajstić information content (AvgIpc) is 2.64. The second-order valence-corrected chi connectivity index (χ2v) is 5.85. The number of hydrogen-bond donors (Lipinski definition) is 0. The molecule has 0 atom stereocenters. The predicted octanol–water partition coefficient (Wildman–Crippen LogP) is 6.28. The highest BCUT2D eigenvalue weighted by molar-refractivity contribution is 5.85. The summed E-state index contributed by atoms with van der Waals surface area (Å²) in [5, 5.41) is 0. The van der Waals surface area contributed by atoms with E-state index in [9.17, 15) is 31.1 Å². The Labute approximate surface area is 163 Å². The zero-order valence-electron chi connectivity index (χ0n) is 15.1. The van der Waals surface area contributed by atoms with Gasteiger partial charge in [-0.3, -0.25) is 0 Å². The Morgan fingerprint density at radius 1 is 0.897 bits per heavy atom. The molecule has 0 spiro atoms. The number of carbonyl (C=O) groups excluding carboxylic acids is 1. The van der Waals surface area contributed by atoms with Crippen LogP contribution in [0.15, 0.2) is 66.8 Å². The first-order chi connectivity index (χ1) is 13.5. The Morgan fingerprint density at radius 3 is 1.79 bits per heavy atom. The Hall–Kier alpha value is -3.03. The third kappa shape index (κ3) is 6.23. The summed E-state index contributed by atoms with van der Waals surface area (Å²) in [5.74, 6) is -0.684. The molecular weight excluding hydrogens is 398 g/mol. The number of esters is 1. The Kier molecular flexibility index (Phi) is 6.89. The quantitative estimate of drug-likeness (QED) is 0.249. The van der Waals surface area contributed by atoms with Crippen LogP contribution in [-0.2, 0) is 21.9 Å². The summed E-state index contributed by atoms with van der Waals surface area (Å²) >= 11 is 0. The van der Waals surface area contributed by atoms with Crippen LogP contribution in [0.1, 0.15) is 29.2 Å². The highest BCUT2D eigenvalue weighted by atomic mass is 19.4. The normalized spacial score (nSPS) is 12.1. The van der Waals surface area contributed by atoms with Gasteiger partial charge >= 0.3 is 18.3 Å². The molecule has 0 radical (unpaired) electrons. The van der Waals surface area contributed by atoms with Crippen LogP contribution in [0, 0.1) is 0 Å². The maximum atomic E-state index is 13.1. The van der Waals surface area contributed by atoms with Crippen LogP contribution in [-0.4, -0.2) is 12.6 Å². The minimum Gasteiger partial charge on any atom is -0.463 e. The van der Waals surface area contributed by atoms with Crippen LogP contribution >= 0.6 is 0 Å². The maximum Gasteiger partial charge on any atom is 0.416 e. The molecule has 0 unspecified atom stereocenters. The van der Waals surface area contributed by atoms with E-state index in [0.29, 0.717) is 0 Å². The lowest BCUT2D eigenvalue weighted by molar-refractivity contribution is -0.138. The number of allylic oxidation sites excluding steroid dienone is 2. The van der Waals surface area contributed by atoms with E-state index < -0.39 is 29.4 Å². The molecule has 2 aromatic rings. The number of hydrogen-bond acceptors (Lipinski definition) is 2. The maximum absolute atomic E-state index is 13.1. The summed E-state index contributed by atoms with van der Waals surface area (Å²) < 4.78 is 83.0. The van der Waals surface area contributed by atoms with Crippen LogP contribution in [0.5, 0.6) is 0 Å². The highest BCUT2D eigenvalue weighted by Gasteiger charge is 2.32. The van der Waals surface area contributed by atoms with Crippen molar-refractivity contribution >= 4 is 11.5 Å². The van der Waals surface area contributed by atoms with Gasteiger partial charge in [0, 0.05) is 6.08 Å². The van der Waals surface area contributed by atoms with E-state index in [1.807, 2.05) is 0 Å². The van der Waals surface area contributed by atoms with Crippen molar-refractivity contribution in [1.82, 2.24) is 0 Å². The molecule has 0 N–H and O–H groups in total. The van der Waals surface area contributed by atoms with E-state index >= 15 is 0 Å². The van der Waals surface area contributed by atoms with Crippen molar-refractivity contribution in [2.75, 3.05) is 6.61 Å². The van der Waals surface area contributed by atoms with Crippen molar-refractivity contribution in [3.8, 4) is 0 Å². The predicted molar refractivity (Wildman–Crippen MR) is 95.7 cm³/mol. The van der Waals surface area contributed by atoms with Crippen molar-refractivity contribution < 1.29 is 35.9 Å². The summed E-state index contributed by atoms with van der Waals surface area (Å²) in [6.45, 7) is 1.72. The number of rotatable bonds is 5. The Bertz CT molecular complexity index is 864. The lowest BCUT2D eigenvalue weighted by Gasteiger charge is -2.14. The van der Waals surface area contributed by atoms with Gasteiger partial charge in [0.25, 0.3) is 0 Å². The van der Waals surface area contributed by atoms with E-state index in [1.165, 1.54) is 24.3 Å². The fourth-order valence-corrected chi connectivity index (χ4v) is 2.50. The standard InChI is InChI=1S/C21H16F6O2/c1-2-29-19(28)11-5-10-18(14-6-3-8-16(12-14)20(22,23)24)15-7-4-9-17(13-15)21(25,26)27/h3-13H,2H2,1H3/b11-5-. The van der Waals surface area contributed by atoms with Crippen molar-refractivity contribution in [2.24, 2.45) is 0 Å². The fraction of sp³-hybridized carbons (Fsp3) is 0.190. The summed E-state index contributed by atoms with van der Waals surface area (Å²) in [5.41, 5.74) is -1.70. The third-order valence-corrected chi connectivity index (χ3v) is 3.78. The monoisotopic (exact) mass is 414 g/mol. The van der Waals surface area contributed by atoms with Crippen molar-refractivity contribution in [3.05, 3.63) is 89.0 Å². The minimum atomic E-state index is -4.62. The molecule has 0 amide bonds. The highest BCUT2D eigenvalue weighted by Crippen LogP contribution is 2.35. The third-order valence-electron chi connectivity index (χ3n) is 3.78. The van der Waals surface area contributed by atoms with Gasteiger partial charge in [-0.05, 0) is 47.9 Å². The molecule has 154 valence electrons. The van der Waals surface area contributed by atoms with Crippen LogP contribution in [0.4, 0.5) is 26.3 Å². The SMILES string of the molecule is CCOC(=O)/C=C\C=C(c1cccc(C(F)(F)F)c1)c1cccc(C(F)(F)F)c1. The van der Waals surface area contributed by atoms with Crippen LogP contribution < -0.4 is 0 Å². The number of carbonyl (C=O) groups is 1. The first kappa shape index (κ1) is 22.3. The zero-order valence-corrected chi connectivity index (χ0v) is 15.1. The lowest BCUT2D eigenvalue weighted by atomic mass is 9.94. The number of benzene rings is 2. The van der Waals surface area contributed by atoms with E-state index in [2.05, 4.69) is 0 Å². The van der Waals surface area contributed by atoms with E-state index in [0.717, 1.165) is 42.5 Å². The fourth-order valence-electron chi connectivity index (χ4n) is 2.50. The molecule has 2 aromatic carbocycles. The topological polar surface area (TPSA) is 26.3 Å². The van der Waals surface area contributed by atoms with Gasteiger partial charge in [0.2, 0.25) is 0 Å². The van der Waals surface area contributed by atoms with Gasteiger partial charge in [0.05, 0.1) is 17.7 Å².